The van der Waals surface area contributed by atoms with Crippen LogP contribution in [0.15, 0.2) is 0 Å². The number of ether oxygens (including phenoxy) is 3. The lowest BCUT2D eigenvalue weighted by molar-refractivity contribution is -0.149. The topological polar surface area (TPSA) is 85.2 Å². The van der Waals surface area contributed by atoms with E-state index in [9.17, 15) is 15.0 Å². The lowest BCUT2D eigenvalue weighted by Gasteiger charge is -2.52. The number of methoxy groups -OCH3 is 2. The molecule has 1 unspecified atom stereocenters. The van der Waals surface area contributed by atoms with E-state index in [2.05, 4.69) is 13.8 Å². The van der Waals surface area contributed by atoms with E-state index in [0.717, 1.165) is 12.8 Å². The summed E-state index contributed by atoms with van der Waals surface area (Å²) < 4.78 is 17.5. The fraction of sp³-hybridized carbons (Fsp3) is 0.682. The molecule has 0 amide bonds. The summed E-state index contributed by atoms with van der Waals surface area (Å²) >= 11 is 0. The third-order valence-electron chi connectivity index (χ3n) is 7.24. The highest BCUT2D eigenvalue weighted by atomic mass is 16.6. The van der Waals surface area contributed by atoms with E-state index in [4.69, 9.17) is 14.2 Å². The summed E-state index contributed by atoms with van der Waals surface area (Å²) in [6.07, 6.45) is 1.38. The minimum atomic E-state index is -0.985. The van der Waals surface area contributed by atoms with E-state index in [-0.39, 0.29) is 34.7 Å². The van der Waals surface area contributed by atoms with E-state index in [1.165, 1.54) is 0 Å². The second kappa shape index (κ2) is 6.02. The summed E-state index contributed by atoms with van der Waals surface area (Å²) in [5.74, 6) is -0.520. The first-order valence-corrected chi connectivity index (χ1v) is 10.0. The van der Waals surface area contributed by atoms with Crippen LogP contribution in [0.2, 0.25) is 0 Å². The van der Waals surface area contributed by atoms with Crippen LogP contribution in [-0.4, -0.2) is 36.5 Å². The summed E-state index contributed by atoms with van der Waals surface area (Å²) in [5, 5.41) is 22.1. The van der Waals surface area contributed by atoms with Gasteiger partial charge in [-0.1, -0.05) is 34.1 Å². The van der Waals surface area contributed by atoms with Crippen LogP contribution >= 0.6 is 0 Å². The van der Waals surface area contributed by atoms with E-state index in [1.54, 1.807) is 14.2 Å². The second-order valence-corrected chi connectivity index (χ2v) is 9.40. The van der Waals surface area contributed by atoms with Crippen molar-refractivity contribution in [2.24, 2.45) is 11.3 Å². The van der Waals surface area contributed by atoms with Crippen LogP contribution in [0.5, 0.6) is 17.2 Å². The maximum atomic E-state index is 13.3. The van der Waals surface area contributed by atoms with Crippen LogP contribution in [0.1, 0.15) is 75.7 Å². The Morgan fingerprint density at radius 1 is 1.14 bits per heavy atom. The smallest absolute Gasteiger partial charge is 0.317 e. The van der Waals surface area contributed by atoms with Gasteiger partial charge in [0, 0.05) is 29.7 Å². The van der Waals surface area contributed by atoms with Gasteiger partial charge in [-0.15, -0.1) is 0 Å². The maximum absolute atomic E-state index is 13.3. The normalized spacial score (nSPS) is 32.7. The molecule has 154 valence electrons. The average molecular weight is 390 g/mol. The highest BCUT2D eigenvalue weighted by Gasteiger charge is 2.71. The molecule has 0 spiro atoms. The summed E-state index contributed by atoms with van der Waals surface area (Å²) in [5.41, 5.74) is 0.456. The number of carbonyl (C=O) groups excluding carboxylic acids is 1. The first-order chi connectivity index (χ1) is 13.1. The molecule has 1 aliphatic heterocycles. The molecule has 1 aromatic rings. The number of benzene rings is 1. The first-order valence-electron chi connectivity index (χ1n) is 10.0. The Morgan fingerprint density at radius 3 is 2.39 bits per heavy atom. The molecule has 2 aliphatic carbocycles. The lowest BCUT2D eigenvalue weighted by Crippen LogP contribution is -2.54. The Bertz CT molecular complexity index is 842. The number of rotatable bonds is 3. The number of phenols is 2. The number of aromatic hydroxyl groups is 2. The van der Waals surface area contributed by atoms with Crippen molar-refractivity contribution < 1.29 is 29.2 Å². The molecule has 1 heterocycles. The summed E-state index contributed by atoms with van der Waals surface area (Å²) in [6, 6.07) is 0. The SMILES string of the molecule is COc1c(C(C)C)c(O)c(O)c2c1C(OC)[C@H]1OC(=O)[C@@]23CCCC(C)(C)[C@H]13. The maximum Gasteiger partial charge on any atom is 0.317 e. The van der Waals surface area contributed by atoms with Crippen molar-refractivity contribution in [3.05, 3.63) is 16.7 Å². The monoisotopic (exact) mass is 390 g/mol. The molecule has 1 aromatic carbocycles. The zero-order valence-electron chi connectivity index (χ0n) is 17.5. The zero-order chi connectivity index (χ0) is 20.6. The predicted octanol–water partition coefficient (Wildman–Crippen LogP) is 3.92. The minimum absolute atomic E-state index is 0.0871. The molecule has 28 heavy (non-hydrogen) atoms. The number of carbonyl (C=O) groups is 1. The molecule has 3 aliphatic rings. The summed E-state index contributed by atoms with van der Waals surface area (Å²) in [6.45, 7) is 8.15. The van der Waals surface area contributed by atoms with Crippen molar-refractivity contribution in [1.82, 2.24) is 0 Å². The van der Waals surface area contributed by atoms with E-state index in [0.29, 0.717) is 28.9 Å². The van der Waals surface area contributed by atoms with Crippen molar-refractivity contribution >= 4 is 5.97 Å². The van der Waals surface area contributed by atoms with Gasteiger partial charge in [0.2, 0.25) is 0 Å². The molecule has 2 bridgehead atoms. The van der Waals surface area contributed by atoms with Crippen molar-refractivity contribution in [3.63, 3.8) is 0 Å². The average Bonchev–Trinajstić information content (AvgIpc) is 2.87. The molecule has 1 saturated carbocycles. The minimum Gasteiger partial charge on any atom is -0.504 e. The van der Waals surface area contributed by atoms with Gasteiger partial charge in [0.05, 0.1) is 7.11 Å². The molecule has 1 saturated heterocycles. The van der Waals surface area contributed by atoms with E-state index < -0.39 is 17.6 Å². The molecule has 0 radical (unpaired) electrons. The number of phenolic OH excluding ortho intramolecular Hbond substituents is 2. The first kappa shape index (κ1) is 19.4. The fourth-order valence-electron chi connectivity index (χ4n) is 6.31. The highest BCUT2D eigenvalue weighted by Crippen LogP contribution is 2.68. The van der Waals surface area contributed by atoms with Gasteiger partial charge in [0.25, 0.3) is 0 Å². The number of esters is 1. The lowest BCUT2D eigenvalue weighted by atomic mass is 9.49. The van der Waals surface area contributed by atoms with Crippen molar-refractivity contribution in [2.45, 2.75) is 70.5 Å². The molecule has 2 N–H and O–H groups in total. The summed E-state index contributed by atoms with van der Waals surface area (Å²) in [7, 11) is 3.13. The van der Waals surface area contributed by atoms with Crippen LogP contribution in [0.4, 0.5) is 0 Å². The van der Waals surface area contributed by atoms with E-state index in [1.807, 2.05) is 13.8 Å². The quantitative estimate of drug-likeness (QED) is 0.601. The van der Waals surface area contributed by atoms with Gasteiger partial charge in [-0.05, 0) is 24.2 Å². The van der Waals surface area contributed by atoms with Crippen LogP contribution in [-0.2, 0) is 19.7 Å². The highest BCUT2D eigenvalue weighted by molar-refractivity contribution is 5.91. The van der Waals surface area contributed by atoms with Gasteiger partial charge in [-0.3, -0.25) is 4.79 Å². The molecule has 0 aromatic heterocycles. The Balaban J connectivity index is 2.15. The number of hydrogen-bond acceptors (Lipinski definition) is 6. The molecule has 4 rings (SSSR count). The van der Waals surface area contributed by atoms with Crippen LogP contribution in [0.25, 0.3) is 0 Å². The second-order valence-electron chi connectivity index (χ2n) is 9.40. The Kier molecular flexibility index (Phi) is 4.17. The summed E-state index contributed by atoms with van der Waals surface area (Å²) in [4.78, 5) is 13.3. The largest absolute Gasteiger partial charge is 0.504 e. The van der Waals surface area contributed by atoms with Gasteiger partial charge in [-0.2, -0.15) is 0 Å². The molecule has 2 fully saturated rings. The van der Waals surface area contributed by atoms with Crippen molar-refractivity contribution in [2.75, 3.05) is 14.2 Å². The number of fused-ring (bicyclic) bond motifs is 1. The molecule has 6 nitrogen and oxygen atoms in total. The Morgan fingerprint density at radius 2 is 1.82 bits per heavy atom. The Labute approximate surface area is 165 Å². The number of hydrogen-bond donors (Lipinski definition) is 2. The third-order valence-corrected chi connectivity index (χ3v) is 7.24. The van der Waals surface area contributed by atoms with Crippen LogP contribution in [0.3, 0.4) is 0 Å². The van der Waals surface area contributed by atoms with Crippen LogP contribution in [0, 0.1) is 11.3 Å². The van der Waals surface area contributed by atoms with Crippen LogP contribution < -0.4 is 4.74 Å². The molecule has 6 heteroatoms. The van der Waals surface area contributed by atoms with Gasteiger partial charge in [-0.25, -0.2) is 0 Å². The van der Waals surface area contributed by atoms with Gasteiger partial charge < -0.3 is 24.4 Å². The molecular weight excluding hydrogens is 360 g/mol. The van der Waals surface area contributed by atoms with Crippen molar-refractivity contribution in [3.8, 4) is 17.2 Å². The predicted molar refractivity (Wildman–Crippen MR) is 103 cm³/mol. The molecule has 4 atom stereocenters. The fourth-order valence-corrected chi connectivity index (χ4v) is 6.31. The van der Waals surface area contributed by atoms with Gasteiger partial charge in [0.15, 0.2) is 11.5 Å². The standard InChI is InChI=1S/C22H30O6/c1-10(2)11-14(23)15(24)13-12(16(11)26-5)17(27-6)18-19-21(3,4)8-7-9-22(13,19)20(25)28-18/h10,17-19,23-24H,7-9H2,1-6H3/t17?,18-,19+,22+/m1/s1. The van der Waals surface area contributed by atoms with Crippen molar-refractivity contribution in [1.29, 1.82) is 0 Å². The Hall–Kier alpha value is -1.95. The van der Waals surface area contributed by atoms with Gasteiger partial charge >= 0.3 is 5.97 Å². The third kappa shape index (κ3) is 2.10. The molecular formula is C22H30O6. The van der Waals surface area contributed by atoms with E-state index >= 15 is 0 Å². The van der Waals surface area contributed by atoms with Gasteiger partial charge in [0.1, 0.15) is 23.4 Å². The zero-order valence-corrected chi connectivity index (χ0v) is 17.5.